The zero-order chi connectivity index (χ0) is 13.1. The Morgan fingerprint density at radius 1 is 1.39 bits per heavy atom. The molecule has 0 unspecified atom stereocenters. The van der Waals surface area contributed by atoms with Gasteiger partial charge < -0.3 is 4.90 Å². The van der Waals surface area contributed by atoms with Gasteiger partial charge >= 0.3 is 0 Å². The van der Waals surface area contributed by atoms with Crippen LogP contribution in [-0.2, 0) is 6.54 Å². The van der Waals surface area contributed by atoms with Crippen molar-refractivity contribution >= 4 is 17.9 Å². The molecule has 0 saturated carbocycles. The largest absolute Gasteiger partial charge is 0.378 e. The summed E-state index contributed by atoms with van der Waals surface area (Å²) < 4.78 is 2.54. The monoisotopic (exact) mass is 260 g/mol. The molecule has 2 rings (SSSR count). The van der Waals surface area contributed by atoms with Gasteiger partial charge in [0.1, 0.15) is 0 Å². The van der Waals surface area contributed by atoms with E-state index >= 15 is 0 Å². The maximum absolute atomic E-state index is 5.19. The van der Waals surface area contributed by atoms with Crippen LogP contribution >= 0.6 is 12.2 Å². The SMILES string of the molecule is C=CCn1c(-c2ccc(N(C)C)cc2)n[nH]c1=S. The van der Waals surface area contributed by atoms with Crippen molar-refractivity contribution in [3.05, 3.63) is 41.7 Å². The van der Waals surface area contributed by atoms with E-state index in [-0.39, 0.29) is 0 Å². The molecule has 0 atom stereocenters. The maximum Gasteiger partial charge on any atom is 0.195 e. The van der Waals surface area contributed by atoms with Gasteiger partial charge in [-0.25, -0.2) is 0 Å². The predicted octanol–water partition coefficient (Wildman–Crippen LogP) is 2.86. The van der Waals surface area contributed by atoms with Crippen LogP contribution in [-0.4, -0.2) is 28.9 Å². The van der Waals surface area contributed by atoms with E-state index in [0.717, 1.165) is 17.1 Å². The summed E-state index contributed by atoms with van der Waals surface area (Å²) in [5, 5.41) is 7.08. The topological polar surface area (TPSA) is 36.9 Å². The summed E-state index contributed by atoms with van der Waals surface area (Å²) in [4.78, 5) is 2.06. The van der Waals surface area contributed by atoms with E-state index in [1.165, 1.54) is 0 Å². The molecule has 94 valence electrons. The summed E-state index contributed by atoms with van der Waals surface area (Å²) in [6.07, 6.45) is 1.81. The maximum atomic E-state index is 5.19. The number of hydrogen-bond donors (Lipinski definition) is 1. The van der Waals surface area contributed by atoms with Gasteiger partial charge in [0.2, 0.25) is 0 Å². The minimum Gasteiger partial charge on any atom is -0.378 e. The fourth-order valence-corrected chi connectivity index (χ4v) is 1.95. The Labute approximate surface area is 112 Å². The molecule has 18 heavy (non-hydrogen) atoms. The Hall–Kier alpha value is -1.88. The number of aromatic nitrogens is 3. The number of hydrogen-bond acceptors (Lipinski definition) is 3. The van der Waals surface area contributed by atoms with Gasteiger partial charge in [0.15, 0.2) is 10.6 Å². The highest BCUT2D eigenvalue weighted by Crippen LogP contribution is 2.21. The smallest absolute Gasteiger partial charge is 0.195 e. The van der Waals surface area contributed by atoms with Crippen molar-refractivity contribution in [2.24, 2.45) is 0 Å². The molecule has 0 aliphatic heterocycles. The molecule has 0 spiro atoms. The molecule has 2 aromatic rings. The van der Waals surface area contributed by atoms with Gasteiger partial charge in [-0.3, -0.25) is 9.67 Å². The van der Waals surface area contributed by atoms with Crippen LogP contribution in [0.2, 0.25) is 0 Å². The molecule has 0 bridgehead atoms. The van der Waals surface area contributed by atoms with Gasteiger partial charge in [-0.15, -0.1) is 6.58 Å². The zero-order valence-electron chi connectivity index (χ0n) is 10.6. The molecule has 0 aliphatic carbocycles. The van der Waals surface area contributed by atoms with E-state index in [0.29, 0.717) is 11.3 Å². The summed E-state index contributed by atoms with van der Waals surface area (Å²) >= 11 is 5.19. The van der Waals surface area contributed by atoms with E-state index in [2.05, 4.69) is 33.8 Å². The van der Waals surface area contributed by atoms with Crippen molar-refractivity contribution in [3.8, 4) is 11.4 Å². The lowest BCUT2D eigenvalue weighted by Crippen LogP contribution is -2.08. The van der Waals surface area contributed by atoms with Crippen LogP contribution in [0.25, 0.3) is 11.4 Å². The summed E-state index contributed by atoms with van der Waals surface area (Å²) in [6, 6.07) is 8.20. The first-order valence-corrected chi connectivity index (χ1v) is 6.08. The molecule has 5 heteroatoms. The average Bonchev–Trinajstić information content (AvgIpc) is 2.72. The van der Waals surface area contributed by atoms with E-state index in [1.807, 2.05) is 36.9 Å². The lowest BCUT2D eigenvalue weighted by molar-refractivity contribution is 0.814. The third-order valence-electron chi connectivity index (χ3n) is 2.71. The Bertz CT molecular complexity index is 592. The molecule has 1 aromatic heterocycles. The van der Waals surface area contributed by atoms with Crippen LogP contribution in [0, 0.1) is 4.77 Å². The second kappa shape index (κ2) is 5.18. The highest BCUT2D eigenvalue weighted by molar-refractivity contribution is 7.71. The highest BCUT2D eigenvalue weighted by atomic mass is 32.1. The van der Waals surface area contributed by atoms with E-state index in [9.17, 15) is 0 Å². The molecule has 0 radical (unpaired) electrons. The van der Waals surface area contributed by atoms with Crippen molar-refractivity contribution < 1.29 is 0 Å². The molecule has 1 heterocycles. The van der Waals surface area contributed by atoms with Crippen molar-refractivity contribution in [1.29, 1.82) is 0 Å². The molecule has 0 fully saturated rings. The standard InChI is InChI=1S/C13H16N4S/c1-4-9-17-12(14-15-13(17)18)10-5-7-11(8-6-10)16(2)3/h4-8H,1,9H2,2-3H3,(H,15,18). The van der Waals surface area contributed by atoms with E-state index in [1.54, 1.807) is 0 Å². The fraction of sp³-hybridized carbons (Fsp3) is 0.231. The predicted molar refractivity (Wildman–Crippen MR) is 77.4 cm³/mol. The molecular formula is C13H16N4S. The quantitative estimate of drug-likeness (QED) is 0.678. The Kier molecular flexibility index (Phi) is 3.62. The van der Waals surface area contributed by atoms with E-state index < -0.39 is 0 Å². The van der Waals surface area contributed by atoms with Crippen molar-refractivity contribution in [2.45, 2.75) is 6.54 Å². The number of rotatable bonds is 4. The zero-order valence-corrected chi connectivity index (χ0v) is 11.4. The van der Waals surface area contributed by atoms with E-state index in [4.69, 9.17) is 12.2 Å². The summed E-state index contributed by atoms with van der Waals surface area (Å²) in [5.41, 5.74) is 2.19. The van der Waals surface area contributed by atoms with Gasteiger partial charge in [0.25, 0.3) is 0 Å². The van der Waals surface area contributed by atoms with Gasteiger partial charge in [-0.1, -0.05) is 6.08 Å². The summed E-state index contributed by atoms with van der Waals surface area (Å²) in [6.45, 7) is 4.39. The molecule has 1 N–H and O–H groups in total. The van der Waals surface area contributed by atoms with Crippen LogP contribution in [0.3, 0.4) is 0 Å². The number of benzene rings is 1. The number of nitrogens with one attached hydrogen (secondary N) is 1. The summed E-state index contributed by atoms with van der Waals surface area (Å²) in [7, 11) is 4.03. The Morgan fingerprint density at radius 2 is 2.06 bits per heavy atom. The fourth-order valence-electron chi connectivity index (χ4n) is 1.75. The third kappa shape index (κ3) is 2.36. The summed E-state index contributed by atoms with van der Waals surface area (Å²) in [5.74, 6) is 0.838. The third-order valence-corrected chi connectivity index (χ3v) is 3.02. The van der Waals surface area contributed by atoms with Crippen LogP contribution in [0.1, 0.15) is 0 Å². The number of H-pyrrole nitrogens is 1. The van der Waals surface area contributed by atoms with Gasteiger partial charge in [0, 0.05) is 31.9 Å². The second-order valence-electron chi connectivity index (χ2n) is 4.19. The van der Waals surface area contributed by atoms with Gasteiger partial charge in [-0.05, 0) is 36.5 Å². The van der Waals surface area contributed by atoms with Crippen LogP contribution in [0.4, 0.5) is 5.69 Å². The number of allylic oxidation sites excluding steroid dienone is 1. The first-order valence-electron chi connectivity index (χ1n) is 5.67. The Morgan fingerprint density at radius 3 is 2.61 bits per heavy atom. The number of aromatic amines is 1. The van der Waals surface area contributed by atoms with Crippen molar-refractivity contribution in [1.82, 2.24) is 14.8 Å². The molecule has 4 nitrogen and oxygen atoms in total. The molecule has 1 aromatic carbocycles. The minimum absolute atomic E-state index is 0.613. The van der Waals surface area contributed by atoms with Crippen LogP contribution < -0.4 is 4.90 Å². The Balaban J connectivity index is 2.42. The first kappa shape index (κ1) is 12.6. The lowest BCUT2D eigenvalue weighted by Gasteiger charge is -2.12. The molecule has 0 amide bonds. The van der Waals surface area contributed by atoms with Gasteiger partial charge in [-0.2, -0.15) is 5.10 Å². The minimum atomic E-state index is 0.613. The second-order valence-corrected chi connectivity index (χ2v) is 4.58. The van der Waals surface area contributed by atoms with Crippen molar-refractivity contribution in [3.63, 3.8) is 0 Å². The van der Waals surface area contributed by atoms with Crippen LogP contribution in [0.15, 0.2) is 36.9 Å². The van der Waals surface area contributed by atoms with Crippen molar-refractivity contribution in [2.75, 3.05) is 19.0 Å². The number of anilines is 1. The number of nitrogens with zero attached hydrogens (tertiary/aromatic N) is 3. The first-order chi connectivity index (χ1) is 8.63. The van der Waals surface area contributed by atoms with Gasteiger partial charge in [0.05, 0.1) is 0 Å². The molecule has 0 saturated heterocycles. The average molecular weight is 260 g/mol. The lowest BCUT2D eigenvalue weighted by atomic mass is 10.2. The normalized spacial score (nSPS) is 10.3. The molecule has 0 aliphatic rings. The highest BCUT2D eigenvalue weighted by Gasteiger charge is 2.07. The molecular weight excluding hydrogens is 244 g/mol. The van der Waals surface area contributed by atoms with Crippen LogP contribution in [0.5, 0.6) is 0 Å².